The molecular formula is C7H3N8-. The third kappa shape index (κ3) is 1.20. The Morgan fingerprint density at radius 2 is 2.40 bits per heavy atom. The van der Waals surface area contributed by atoms with E-state index < -0.39 is 0 Å². The number of nitrogens with one attached hydrogen (secondary N) is 2. The van der Waals surface area contributed by atoms with Gasteiger partial charge < -0.3 is 5.41 Å². The Hall–Kier alpha value is -2.78. The van der Waals surface area contributed by atoms with Crippen LogP contribution in [0.25, 0.3) is 5.41 Å². The van der Waals surface area contributed by atoms with Crippen molar-refractivity contribution in [2.75, 3.05) is 0 Å². The molecule has 0 spiro atoms. The fourth-order valence-electron chi connectivity index (χ4n) is 1.05. The monoisotopic (exact) mass is 199 g/mol. The highest BCUT2D eigenvalue weighted by Gasteiger charge is 2.18. The molecule has 1 aromatic rings. The lowest BCUT2D eigenvalue weighted by Crippen LogP contribution is -2.19. The van der Waals surface area contributed by atoms with Gasteiger partial charge in [-0.2, -0.15) is 5.26 Å². The van der Waals surface area contributed by atoms with Crippen molar-refractivity contribution in [2.24, 2.45) is 10.3 Å². The SMILES string of the molecule is N#Cc1ncn2c1N=NNC(=C=[N-])C2=N. The summed E-state index contributed by atoms with van der Waals surface area (Å²) in [7, 11) is 0. The van der Waals surface area contributed by atoms with E-state index in [1.165, 1.54) is 10.9 Å². The minimum absolute atomic E-state index is 0.0561. The van der Waals surface area contributed by atoms with Gasteiger partial charge in [-0.25, -0.2) is 16.3 Å². The normalized spacial score (nSPS) is 13.5. The number of allylic oxidation sites excluding steroid dienone is 1. The van der Waals surface area contributed by atoms with Gasteiger partial charge in [0.15, 0.2) is 11.5 Å². The van der Waals surface area contributed by atoms with Crippen molar-refractivity contribution in [1.82, 2.24) is 15.0 Å². The zero-order valence-electron chi connectivity index (χ0n) is 7.26. The Balaban J connectivity index is 2.67. The highest BCUT2D eigenvalue weighted by atomic mass is 15.5. The van der Waals surface area contributed by atoms with E-state index in [9.17, 15) is 0 Å². The standard InChI is InChI=1S/C7H3N8/c8-1-4-6(10)15-3-11-5(2-9)7(15)13-14-12-4/h3,10H,(H,12,13)/q-1. The second-order valence-corrected chi connectivity index (χ2v) is 2.55. The maximum Gasteiger partial charge on any atom is 0.200 e. The van der Waals surface area contributed by atoms with E-state index in [-0.39, 0.29) is 23.0 Å². The molecule has 0 amide bonds. The van der Waals surface area contributed by atoms with Gasteiger partial charge in [0, 0.05) is 0 Å². The Bertz CT molecular complexity index is 550. The summed E-state index contributed by atoms with van der Waals surface area (Å²) in [5.41, 5.74) is 2.30. The number of nitrogens with zero attached hydrogens (tertiary/aromatic N) is 6. The average molecular weight is 199 g/mol. The summed E-state index contributed by atoms with van der Waals surface area (Å²) in [4.78, 5) is 3.73. The summed E-state index contributed by atoms with van der Waals surface area (Å²) in [6.07, 6.45) is 1.25. The highest BCUT2D eigenvalue weighted by Crippen LogP contribution is 2.20. The number of fused-ring (bicyclic) bond motifs is 1. The average Bonchev–Trinajstić information content (AvgIpc) is 2.59. The van der Waals surface area contributed by atoms with Crippen LogP contribution >= 0.6 is 0 Å². The molecule has 0 bridgehead atoms. The van der Waals surface area contributed by atoms with Crippen LogP contribution in [-0.2, 0) is 0 Å². The topological polar surface area (TPSA) is 125 Å². The van der Waals surface area contributed by atoms with E-state index in [1.807, 2.05) is 6.07 Å². The molecule has 0 fully saturated rings. The Morgan fingerprint density at radius 3 is 3.07 bits per heavy atom. The summed E-state index contributed by atoms with van der Waals surface area (Å²) in [6, 6.07) is 1.81. The van der Waals surface area contributed by atoms with E-state index in [1.54, 1.807) is 5.87 Å². The number of nitriles is 1. The molecular weight excluding hydrogens is 196 g/mol. The van der Waals surface area contributed by atoms with Crippen LogP contribution in [0.3, 0.4) is 0 Å². The summed E-state index contributed by atoms with van der Waals surface area (Å²) in [5, 5.41) is 32.1. The molecule has 0 atom stereocenters. The van der Waals surface area contributed by atoms with E-state index in [4.69, 9.17) is 16.1 Å². The van der Waals surface area contributed by atoms with Gasteiger partial charge in [0.25, 0.3) is 0 Å². The van der Waals surface area contributed by atoms with Crippen LogP contribution in [-0.4, -0.2) is 21.3 Å². The first-order valence-electron chi connectivity index (χ1n) is 3.78. The molecule has 0 unspecified atom stereocenters. The van der Waals surface area contributed by atoms with Crippen LogP contribution < -0.4 is 5.43 Å². The number of hydrogen-bond acceptors (Lipinski definition) is 6. The minimum atomic E-state index is -0.147. The zero-order valence-corrected chi connectivity index (χ0v) is 7.26. The van der Waals surface area contributed by atoms with Crippen LogP contribution in [0.2, 0.25) is 0 Å². The van der Waals surface area contributed by atoms with Gasteiger partial charge in [-0.05, 0) is 0 Å². The first-order valence-corrected chi connectivity index (χ1v) is 3.78. The molecule has 2 N–H and O–H groups in total. The van der Waals surface area contributed by atoms with Gasteiger partial charge in [-0.1, -0.05) is 5.22 Å². The van der Waals surface area contributed by atoms with E-state index in [2.05, 4.69) is 20.7 Å². The van der Waals surface area contributed by atoms with Gasteiger partial charge in [-0.3, -0.25) is 9.98 Å². The third-order valence-corrected chi connectivity index (χ3v) is 1.74. The summed E-state index contributed by atoms with van der Waals surface area (Å²) in [5.74, 6) is 1.75. The molecule has 8 nitrogen and oxygen atoms in total. The second-order valence-electron chi connectivity index (χ2n) is 2.55. The molecule has 0 aromatic carbocycles. The van der Waals surface area contributed by atoms with Crippen molar-refractivity contribution < 1.29 is 0 Å². The molecule has 1 aliphatic heterocycles. The van der Waals surface area contributed by atoms with Crippen LogP contribution in [0.5, 0.6) is 0 Å². The van der Waals surface area contributed by atoms with Gasteiger partial charge in [0.05, 0.1) is 0 Å². The molecule has 1 aliphatic rings. The minimum Gasteiger partial charge on any atom is -0.761 e. The molecule has 0 radical (unpaired) electrons. The summed E-state index contributed by atoms with van der Waals surface area (Å²) in [6.45, 7) is 0. The number of imidazole rings is 1. The van der Waals surface area contributed by atoms with Crippen molar-refractivity contribution in [1.29, 1.82) is 10.7 Å². The van der Waals surface area contributed by atoms with E-state index in [0.29, 0.717) is 0 Å². The lowest BCUT2D eigenvalue weighted by molar-refractivity contribution is 0.862. The fourth-order valence-corrected chi connectivity index (χ4v) is 1.05. The molecule has 0 aliphatic carbocycles. The van der Waals surface area contributed by atoms with Crippen LogP contribution in [0.4, 0.5) is 5.82 Å². The fraction of sp³-hybridized carbons (Fsp3) is 0. The number of aromatic nitrogens is 2. The predicted molar refractivity (Wildman–Crippen MR) is 49.6 cm³/mol. The molecule has 72 valence electrons. The Morgan fingerprint density at radius 1 is 1.60 bits per heavy atom. The van der Waals surface area contributed by atoms with E-state index in [0.717, 1.165) is 0 Å². The van der Waals surface area contributed by atoms with Gasteiger partial charge in [0.2, 0.25) is 5.82 Å². The molecule has 0 saturated carbocycles. The van der Waals surface area contributed by atoms with Gasteiger partial charge >= 0.3 is 0 Å². The zero-order chi connectivity index (χ0) is 10.8. The maximum absolute atomic E-state index is 8.69. The van der Waals surface area contributed by atoms with Crippen LogP contribution in [0, 0.1) is 16.7 Å². The second kappa shape index (κ2) is 3.17. The Kier molecular flexibility index (Phi) is 1.86. The van der Waals surface area contributed by atoms with Crippen molar-refractivity contribution in [3.8, 4) is 6.07 Å². The van der Waals surface area contributed by atoms with Crippen molar-refractivity contribution in [3.05, 3.63) is 23.1 Å². The highest BCUT2D eigenvalue weighted by molar-refractivity contribution is 6.05. The number of rotatable bonds is 0. The van der Waals surface area contributed by atoms with Crippen molar-refractivity contribution in [2.45, 2.75) is 0 Å². The molecule has 2 heterocycles. The maximum atomic E-state index is 8.69. The summed E-state index contributed by atoms with van der Waals surface area (Å²) < 4.78 is 1.21. The van der Waals surface area contributed by atoms with E-state index >= 15 is 0 Å². The van der Waals surface area contributed by atoms with Gasteiger partial charge in [0.1, 0.15) is 18.1 Å². The third-order valence-electron chi connectivity index (χ3n) is 1.74. The predicted octanol–water partition coefficient (Wildman–Crippen LogP) is 0.305. The van der Waals surface area contributed by atoms with Crippen LogP contribution in [0.15, 0.2) is 22.4 Å². The summed E-state index contributed by atoms with van der Waals surface area (Å²) >= 11 is 0. The van der Waals surface area contributed by atoms with Crippen molar-refractivity contribution in [3.63, 3.8) is 0 Å². The van der Waals surface area contributed by atoms with Gasteiger partial charge in [-0.15, -0.1) is 5.11 Å². The first kappa shape index (κ1) is 8.80. The molecule has 15 heavy (non-hydrogen) atoms. The molecule has 1 aromatic heterocycles. The van der Waals surface area contributed by atoms with Crippen molar-refractivity contribution >= 4 is 17.5 Å². The van der Waals surface area contributed by atoms with Crippen LogP contribution in [0.1, 0.15) is 5.69 Å². The Labute approximate surface area is 83.6 Å². The molecule has 2 rings (SSSR count). The quantitative estimate of drug-likeness (QED) is 0.583. The first-order chi connectivity index (χ1) is 7.27. The molecule has 8 heteroatoms. The number of hydrogen-bond donors (Lipinski definition) is 2. The largest absolute Gasteiger partial charge is 0.761 e. The lowest BCUT2D eigenvalue weighted by Gasteiger charge is -2.04. The lowest BCUT2D eigenvalue weighted by atomic mass is 10.4. The smallest absolute Gasteiger partial charge is 0.200 e. The molecule has 0 saturated heterocycles.